The van der Waals surface area contributed by atoms with E-state index in [1.807, 2.05) is 6.20 Å². The molecule has 1 aliphatic carbocycles. The summed E-state index contributed by atoms with van der Waals surface area (Å²) in [6.07, 6.45) is 7.20. The first-order valence-corrected chi connectivity index (χ1v) is 11.2. The van der Waals surface area contributed by atoms with Gasteiger partial charge >= 0.3 is 0 Å². The van der Waals surface area contributed by atoms with E-state index in [2.05, 4.69) is 73.2 Å². The molecule has 3 aliphatic rings. The summed E-state index contributed by atoms with van der Waals surface area (Å²) in [5.74, 6) is 3.29. The highest BCUT2D eigenvalue weighted by Crippen LogP contribution is 2.52. The first kappa shape index (κ1) is 17.9. The van der Waals surface area contributed by atoms with Crippen molar-refractivity contribution in [2.45, 2.75) is 51.6 Å². The van der Waals surface area contributed by atoms with Crippen LogP contribution in [0.2, 0.25) is 0 Å². The third kappa shape index (κ3) is 2.46. The minimum atomic E-state index is 0.305. The Morgan fingerprint density at radius 2 is 1.93 bits per heavy atom. The molecule has 0 amide bonds. The highest BCUT2D eigenvalue weighted by molar-refractivity contribution is 5.83. The molecule has 30 heavy (non-hydrogen) atoms. The van der Waals surface area contributed by atoms with E-state index in [9.17, 15) is 0 Å². The Morgan fingerprint density at radius 1 is 1.07 bits per heavy atom. The minimum absolute atomic E-state index is 0.305. The van der Waals surface area contributed by atoms with Crippen molar-refractivity contribution in [3.63, 3.8) is 0 Å². The number of benzene rings is 2. The smallest absolute Gasteiger partial charge is 0.162 e. The van der Waals surface area contributed by atoms with Gasteiger partial charge in [-0.25, -0.2) is 9.97 Å². The first-order valence-electron chi connectivity index (χ1n) is 11.2. The van der Waals surface area contributed by atoms with Crippen LogP contribution in [-0.4, -0.2) is 23.2 Å². The van der Waals surface area contributed by atoms with Crippen LogP contribution in [0.3, 0.4) is 0 Å². The van der Waals surface area contributed by atoms with E-state index >= 15 is 0 Å². The predicted octanol–water partition coefficient (Wildman–Crippen LogP) is 5.83. The highest BCUT2D eigenvalue weighted by Gasteiger charge is 2.42. The van der Waals surface area contributed by atoms with Crippen molar-refractivity contribution in [1.82, 2.24) is 9.97 Å². The summed E-state index contributed by atoms with van der Waals surface area (Å²) >= 11 is 0. The molecule has 4 heteroatoms. The van der Waals surface area contributed by atoms with Crippen LogP contribution in [0.4, 0.5) is 17.2 Å². The lowest BCUT2D eigenvalue weighted by Gasteiger charge is -2.37. The number of nitrogens with zero attached hydrogens (tertiary/aromatic N) is 4. The van der Waals surface area contributed by atoms with Crippen molar-refractivity contribution in [1.29, 1.82) is 0 Å². The van der Waals surface area contributed by atoms with Crippen molar-refractivity contribution < 1.29 is 0 Å². The number of hydrogen-bond donors (Lipinski definition) is 0. The van der Waals surface area contributed by atoms with Gasteiger partial charge in [0.25, 0.3) is 0 Å². The molecule has 0 fully saturated rings. The van der Waals surface area contributed by atoms with Crippen LogP contribution < -0.4 is 9.80 Å². The molecule has 3 unspecified atom stereocenters. The predicted molar refractivity (Wildman–Crippen MR) is 122 cm³/mol. The fourth-order valence-electron chi connectivity index (χ4n) is 5.90. The summed E-state index contributed by atoms with van der Waals surface area (Å²) in [6.45, 7) is 4.49. The fraction of sp³-hybridized carbons (Fsp3) is 0.385. The summed E-state index contributed by atoms with van der Waals surface area (Å²) in [5.41, 5.74) is 7.83. The van der Waals surface area contributed by atoms with E-state index in [1.54, 1.807) is 0 Å². The van der Waals surface area contributed by atoms with E-state index in [0.29, 0.717) is 12.1 Å². The zero-order valence-electron chi connectivity index (χ0n) is 18.0. The van der Waals surface area contributed by atoms with Crippen LogP contribution in [0, 0.1) is 12.8 Å². The van der Waals surface area contributed by atoms with Crippen molar-refractivity contribution in [3.8, 4) is 11.4 Å². The van der Waals surface area contributed by atoms with Gasteiger partial charge in [0.15, 0.2) is 11.6 Å². The molecule has 0 saturated carbocycles. The van der Waals surface area contributed by atoms with Gasteiger partial charge in [0, 0.05) is 18.3 Å². The van der Waals surface area contributed by atoms with Gasteiger partial charge < -0.3 is 9.80 Å². The van der Waals surface area contributed by atoms with Crippen molar-refractivity contribution in [2.24, 2.45) is 5.92 Å². The molecular weight excluding hydrogens is 368 g/mol. The molecule has 3 heterocycles. The maximum atomic E-state index is 5.14. The quantitative estimate of drug-likeness (QED) is 0.546. The van der Waals surface area contributed by atoms with Crippen LogP contribution in [0.15, 0.2) is 48.7 Å². The summed E-state index contributed by atoms with van der Waals surface area (Å²) in [6, 6.07) is 15.5. The van der Waals surface area contributed by atoms with Gasteiger partial charge in [0.1, 0.15) is 11.9 Å². The average Bonchev–Trinajstić information content (AvgIpc) is 3.21. The van der Waals surface area contributed by atoms with Crippen molar-refractivity contribution >= 4 is 17.2 Å². The van der Waals surface area contributed by atoms with Crippen LogP contribution >= 0.6 is 0 Å². The Bertz CT molecular complexity index is 1140. The molecule has 3 atom stereocenters. The molecule has 2 bridgehead atoms. The van der Waals surface area contributed by atoms with Gasteiger partial charge in [-0.15, -0.1) is 0 Å². The Balaban J connectivity index is 1.53. The van der Waals surface area contributed by atoms with Gasteiger partial charge in [-0.3, -0.25) is 0 Å². The maximum absolute atomic E-state index is 5.14. The average molecular weight is 397 g/mol. The molecule has 0 saturated heterocycles. The van der Waals surface area contributed by atoms with Crippen molar-refractivity contribution in [3.05, 3.63) is 65.4 Å². The molecule has 2 aromatic carbocycles. The second-order valence-corrected chi connectivity index (χ2v) is 9.13. The van der Waals surface area contributed by atoms with Gasteiger partial charge in [0.2, 0.25) is 0 Å². The lowest BCUT2D eigenvalue weighted by molar-refractivity contribution is 0.356. The molecule has 2 aliphatic heterocycles. The number of aryl methyl sites for hydroxylation is 1. The van der Waals surface area contributed by atoms with E-state index in [4.69, 9.17) is 9.97 Å². The van der Waals surface area contributed by atoms with Gasteiger partial charge in [-0.2, -0.15) is 0 Å². The summed E-state index contributed by atoms with van der Waals surface area (Å²) in [4.78, 5) is 14.8. The van der Waals surface area contributed by atoms with E-state index in [1.165, 1.54) is 41.6 Å². The van der Waals surface area contributed by atoms with Crippen LogP contribution in [0.25, 0.3) is 11.4 Å². The second kappa shape index (κ2) is 6.56. The Kier molecular flexibility index (Phi) is 3.92. The maximum Gasteiger partial charge on any atom is 0.162 e. The summed E-state index contributed by atoms with van der Waals surface area (Å²) < 4.78 is 0. The molecule has 3 aromatic rings. The molecule has 4 nitrogen and oxygen atoms in total. The number of hydrogen-bond acceptors (Lipinski definition) is 4. The van der Waals surface area contributed by atoms with Gasteiger partial charge in [-0.1, -0.05) is 49.7 Å². The van der Waals surface area contributed by atoms with Crippen molar-refractivity contribution in [2.75, 3.05) is 16.8 Å². The fourth-order valence-corrected chi connectivity index (χ4v) is 5.90. The molecule has 152 valence electrons. The lowest BCUT2D eigenvalue weighted by Crippen LogP contribution is -2.40. The second-order valence-electron chi connectivity index (χ2n) is 9.13. The van der Waals surface area contributed by atoms with Crippen LogP contribution in [0.5, 0.6) is 0 Å². The molecule has 0 N–H and O–H groups in total. The summed E-state index contributed by atoms with van der Waals surface area (Å²) in [7, 11) is 2.20. The van der Waals surface area contributed by atoms with Crippen LogP contribution in [0.1, 0.15) is 48.8 Å². The molecular formula is C26H28N4. The van der Waals surface area contributed by atoms with E-state index in [-0.39, 0.29) is 0 Å². The zero-order chi connectivity index (χ0) is 20.4. The zero-order valence-corrected chi connectivity index (χ0v) is 18.0. The lowest BCUT2D eigenvalue weighted by atomic mass is 9.80. The molecule has 1 aromatic heterocycles. The standard InChI is InChI=1S/C26H28N4/c1-4-18-10-12-24-29(3)23-15-27-25(19-8-6-5-7-16(19)2)28-26(23)30(24)22-11-9-17-13-20(18)21(22)14-17/h5-9,11,14-15,18,20,24H,4,10,12-13H2,1-3H3. The SMILES string of the molecule is CCC1CCC2N(C)c3cnc(-c4ccccc4C)nc3N2c2ccc3cc2C1C3. The third-order valence-electron chi connectivity index (χ3n) is 7.58. The number of fused-ring (bicyclic) bond motifs is 5. The number of rotatable bonds is 2. The first-order chi connectivity index (χ1) is 14.7. The molecule has 6 rings (SSSR count). The third-order valence-corrected chi connectivity index (χ3v) is 7.58. The van der Waals surface area contributed by atoms with E-state index in [0.717, 1.165) is 35.2 Å². The Labute approximate surface area is 178 Å². The highest BCUT2D eigenvalue weighted by atomic mass is 15.4. The monoisotopic (exact) mass is 396 g/mol. The molecule has 0 radical (unpaired) electrons. The Hall–Kier alpha value is -2.88. The van der Waals surface area contributed by atoms with Gasteiger partial charge in [-0.05, 0) is 60.8 Å². The number of anilines is 3. The number of aromatic nitrogens is 2. The Morgan fingerprint density at radius 3 is 2.77 bits per heavy atom. The summed E-state index contributed by atoms with van der Waals surface area (Å²) in [5, 5.41) is 0. The molecule has 0 spiro atoms. The topological polar surface area (TPSA) is 32.3 Å². The van der Waals surface area contributed by atoms with E-state index < -0.39 is 0 Å². The largest absolute Gasteiger partial charge is 0.350 e. The minimum Gasteiger partial charge on any atom is -0.350 e. The van der Waals surface area contributed by atoms with Crippen LogP contribution in [-0.2, 0) is 6.42 Å². The normalized spacial score (nSPS) is 23.8. The van der Waals surface area contributed by atoms with Gasteiger partial charge in [0.05, 0.1) is 6.20 Å².